The predicted molar refractivity (Wildman–Crippen MR) is 108 cm³/mol. The summed E-state index contributed by atoms with van der Waals surface area (Å²) >= 11 is 12.7. The second-order valence-corrected chi connectivity index (χ2v) is 7.58. The molecule has 2 heterocycles. The third kappa shape index (κ3) is 2.99. The zero-order valence-electron chi connectivity index (χ0n) is 14.4. The largest absolute Gasteiger partial charge is 0.320 e. The number of aromatic nitrogens is 1. The highest BCUT2D eigenvalue weighted by Gasteiger charge is 2.22. The standard InChI is InChI=1S/C21H20Cl2N2/c1-14(16-5-3-4-6-19(16)23)12-25-20-8-7-15(22)11-17(20)18-13-24(2)10-9-21(18)25/h3-8,11-12H,9-10,13H2,1-2H3/b14-12+. The van der Waals surface area contributed by atoms with Crippen LogP contribution in [0.5, 0.6) is 0 Å². The fourth-order valence-corrected chi connectivity index (χ4v) is 4.15. The van der Waals surface area contributed by atoms with E-state index in [1.54, 1.807) is 0 Å². The van der Waals surface area contributed by atoms with Crippen LogP contribution < -0.4 is 0 Å². The first-order valence-electron chi connectivity index (χ1n) is 8.47. The van der Waals surface area contributed by atoms with Crippen LogP contribution >= 0.6 is 23.2 Å². The lowest BCUT2D eigenvalue weighted by Crippen LogP contribution is -2.26. The van der Waals surface area contributed by atoms with E-state index in [2.05, 4.69) is 47.8 Å². The highest BCUT2D eigenvalue weighted by molar-refractivity contribution is 6.32. The normalized spacial score (nSPS) is 15.6. The van der Waals surface area contributed by atoms with Crippen molar-refractivity contribution in [3.05, 3.63) is 69.3 Å². The van der Waals surface area contributed by atoms with Gasteiger partial charge in [0.2, 0.25) is 0 Å². The van der Waals surface area contributed by atoms with Crippen LogP contribution in [0.1, 0.15) is 23.7 Å². The number of allylic oxidation sites excluding steroid dienone is 1. The average Bonchev–Trinajstić information content (AvgIpc) is 2.88. The van der Waals surface area contributed by atoms with E-state index < -0.39 is 0 Å². The molecular weight excluding hydrogens is 351 g/mol. The Labute approximate surface area is 158 Å². The van der Waals surface area contributed by atoms with E-state index in [1.807, 2.05) is 24.3 Å². The summed E-state index contributed by atoms with van der Waals surface area (Å²) in [7, 11) is 2.17. The van der Waals surface area contributed by atoms with Gasteiger partial charge in [0.15, 0.2) is 0 Å². The summed E-state index contributed by atoms with van der Waals surface area (Å²) in [5.74, 6) is 0. The van der Waals surface area contributed by atoms with Crippen molar-refractivity contribution in [2.75, 3.05) is 13.6 Å². The van der Waals surface area contributed by atoms with E-state index in [0.717, 1.165) is 40.7 Å². The van der Waals surface area contributed by atoms with Crippen molar-refractivity contribution in [1.82, 2.24) is 9.47 Å². The second kappa shape index (κ2) is 6.53. The Morgan fingerprint density at radius 2 is 1.92 bits per heavy atom. The van der Waals surface area contributed by atoms with Gasteiger partial charge in [-0.05, 0) is 54.9 Å². The summed E-state index contributed by atoms with van der Waals surface area (Å²) in [5.41, 5.74) is 6.19. The average molecular weight is 371 g/mol. The Kier molecular flexibility index (Phi) is 4.36. The number of rotatable bonds is 2. The van der Waals surface area contributed by atoms with Crippen LogP contribution in [-0.4, -0.2) is 23.1 Å². The van der Waals surface area contributed by atoms with Gasteiger partial charge in [0.05, 0.1) is 5.52 Å². The van der Waals surface area contributed by atoms with E-state index in [4.69, 9.17) is 23.2 Å². The Morgan fingerprint density at radius 3 is 2.72 bits per heavy atom. The van der Waals surface area contributed by atoms with Crippen LogP contribution in [0.4, 0.5) is 0 Å². The molecule has 0 unspecified atom stereocenters. The number of hydrogen-bond acceptors (Lipinski definition) is 1. The van der Waals surface area contributed by atoms with Crippen molar-refractivity contribution in [2.45, 2.75) is 19.9 Å². The molecule has 2 nitrogen and oxygen atoms in total. The lowest BCUT2D eigenvalue weighted by Gasteiger charge is -2.23. The van der Waals surface area contributed by atoms with Gasteiger partial charge in [0, 0.05) is 46.8 Å². The van der Waals surface area contributed by atoms with Gasteiger partial charge in [0.1, 0.15) is 0 Å². The number of nitrogens with zero attached hydrogens (tertiary/aromatic N) is 2. The molecule has 3 aromatic rings. The first-order chi connectivity index (χ1) is 12.0. The predicted octanol–water partition coefficient (Wildman–Crippen LogP) is 5.95. The Morgan fingerprint density at radius 1 is 1.12 bits per heavy atom. The van der Waals surface area contributed by atoms with Crippen LogP contribution in [0, 0.1) is 0 Å². The molecule has 128 valence electrons. The van der Waals surface area contributed by atoms with Gasteiger partial charge in [-0.15, -0.1) is 0 Å². The summed E-state index contributed by atoms with van der Waals surface area (Å²) in [6.07, 6.45) is 3.24. The van der Waals surface area contributed by atoms with Crippen molar-refractivity contribution in [1.29, 1.82) is 0 Å². The van der Waals surface area contributed by atoms with Crippen molar-refractivity contribution >= 4 is 45.9 Å². The van der Waals surface area contributed by atoms with Crippen molar-refractivity contribution in [3.63, 3.8) is 0 Å². The molecule has 1 aromatic heterocycles. The van der Waals surface area contributed by atoms with Crippen LogP contribution in [-0.2, 0) is 13.0 Å². The topological polar surface area (TPSA) is 8.17 Å². The Hall–Kier alpha value is -1.74. The molecule has 1 aliphatic rings. The minimum Gasteiger partial charge on any atom is -0.320 e. The molecule has 0 radical (unpaired) electrons. The van der Waals surface area contributed by atoms with Gasteiger partial charge in [-0.2, -0.15) is 0 Å². The van der Waals surface area contributed by atoms with Crippen LogP contribution in [0.25, 0.3) is 22.7 Å². The van der Waals surface area contributed by atoms with Gasteiger partial charge in [0.25, 0.3) is 0 Å². The number of fused-ring (bicyclic) bond motifs is 3. The minimum absolute atomic E-state index is 0.782. The monoisotopic (exact) mass is 370 g/mol. The fraction of sp³-hybridized carbons (Fsp3) is 0.238. The summed E-state index contributed by atoms with van der Waals surface area (Å²) in [5, 5.41) is 2.81. The lowest BCUT2D eigenvalue weighted by molar-refractivity contribution is 0.312. The van der Waals surface area contributed by atoms with E-state index in [-0.39, 0.29) is 0 Å². The Balaban J connectivity index is 1.93. The maximum Gasteiger partial charge on any atom is 0.0529 e. The van der Waals surface area contributed by atoms with Crippen molar-refractivity contribution in [2.24, 2.45) is 0 Å². The first kappa shape index (κ1) is 16.7. The SMILES string of the molecule is C/C(=C\n1c2c(c3cc(Cl)ccc31)CN(C)CC2)c1ccccc1Cl. The number of benzene rings is 2. The van der Waals surface area contributed by atoms with Gasteiger partial charge in [-0.25, -0.2) is 0 Å². The second-order valence-electron chi connectivity index (χ2n) is 6.74. The molecule has 2 aromatic carbocycles. The van der Waals surface area contributed by atoms with Gasteiger partial charge in [-0.3, -0.25) is 0 Å². The summed E-state index contributed by atoms with van der Waals surface area (Å²) < 4.78 is 2.33. The van der Waals surface area contributed by atoms with Crippen LogP contribution in [0.15, 0.2) is 42.5 Å². The van der Waals surface area contributed by atoms with E-state index in [1.165, 1.54) is 22.2 Å². The van der Waals surface area contributed by atoms with Gasteiger partial charge < -0.3 is 9.47 Å². The van der Waals surface area contributed by atoms with E-state index in [0.29, 0.717) is 0 Å². The molecule has 25 heavy (non-hydrogen) atoms. The van der Waals surface area contributed by atoms with Crippen molar-refractivity contribution in [3.8, 4) is 0 Å². The molecule has 0 amide bonds. The molecule has 0 bridgehead atoms. The summed E-state index contributed by atoms with van der Waals surface area (Å²) in [4.78, 5) is 2.36. The molecule has 4 heteroatoms. The Bertz CT molecular complexity index is 985. The number of hydrogen-bond donors (Lipinski definition) is 0. The maximum absolute atomic E-state index is 6.39. The molecule has 0 atom stereocenters. The third-order valence-electron chi connectivity index (χ3n) is 4.96. The fourth-order valence-electron chi connectivity index (χ4n) is 3.69. The molecule has 0 spiro atoms. The van der Waals surface area contributed by atoms with Gasteiger partial charge in [-0.1, -0.05) is 41.4 Å². The zero-order valence-corrected chi connectivity index (χ0v) is 15.9. The molecular formula is C21H20Cl2N2. The minimum atomic E-state index is 0.782. The highest BCUT2D eigenvalue weighted by Crippen LogP contribution is 2.34. The van der Waals surface area contributed by atoms with E-state index >= 15 is 0 Å². The number of halogens is 2. The number of likely N-dealkylation sites (N-methyl/N-ethyl adjacent to an activating group) is 1. The first-order valence-corrected chi connectivity index (χ1v) is 9.23. The van der Waals surface area contributed by atoms with Crippen LogP contribution in [0.3, 0.4) is 0 Å². The molecule has 0 fully saturated rings. The molecule has 0 saturated carbocycles. The van der Waals surface area contributed by atoms with E-state index in [9.17, 15) is 0 Å². The molecule has 4 rings (SSSR count). The summed E-state index contributed by atoms with van der Waals surface area (Å²) in [6, 6.07) is 14.2. The third-order valence-corrected chi connectivity index (χ3v) is 5.53. The smallest absolute Gasteiger partial charge is 0.0529 e. The molecule has 0 N–H and O–H groups in total. The quantitative estimate of drug-likeness (QED) is 0.540. The zero-order chi connectivity index (χ0) is 17.6. The molecule has 0 saturated heterocycles. The maximum atomic E-state index is 6.39. The van der Waals surface area contributed by atoms with Crippen LogP contribution in [0.2, 0.25) is 10.0 Å². The summed E-state index contributed by atoms with van der Waals surface area (Å²) in [6.45, 7) is 4.14. The highest BCUT2D eigenvalue weighted by atomic mass is 35.5. The van der Waals surface area contributed by atoms with Gasteiger partial charge >= 0.3 is 0 Å². The molecule has 0 aliphatic carbocycles. The van der Waals surface area contributed by atoms with Crippen molar-refractivity contribution < 1.29 is 0 Å². The lowest BCUT2D eigenvalue weighted by atomic mass is 10.1. The molecule has 1 aliphatic heterocycles.